The van der Waals surface area contributed by atoms with E-state index >= 15 is 0 Å². The zero-order valence-corrected chi connectivity index (χ0v) is 14.2. The van der Waals surface area contributed by atoms with Crippen molar-refractivity contribution in [3.8, 4) is 0 Å². The van der Waals surface area contributed by atoms with Crippen molar-refractivity contribution in [3.63, 3.8) is 0 Å². The van der Waals surface area contributed by atoms with Crippen LogP contribution in [0.1, 0.15) is 16.8 Å². The van der Waals surface area contributed by atoms with Gasteiger partial charge >= 0.3 is 5.97 Å². The van der Waals surface area contributed by atoms with Crippen LogP contribution >= 0.6 is 38.5 Å². The summed E-state index contributed by atoms with van der Waals surface area (Å²) >= 11 is 5.57. The van der Waals surface area contributed by atoms with Gasteiger partial charge in [-0.1, -0.05) is 12.1 Å². The number of ether oxygens (including phenoxy) is 1. The van der Waals surface area contributed by atoms with Crippen LogP contribution in [0.2, 0.25) is 6.04 Å². The van der Waals surface area contributed by atoms with Crippen molar-refractivity contribution in [2.24, 2.45) is 0 Å². The number of hydrogen-bond donors (Lipinski definition) is 0. The fourth-order valence-electron chi connectivity index (χ4n) is 1.05. The lowest BCUT2D eigenvalue weighted by atomic mass is 10.2. The quantitative estimate of drug-likeness (QED) is 0.337. The summed E-state index contributed by atoms with van der Waals surface area (Å²) in [5.74, 6) is -0.240. The third-order valence-electron chi connectivity index (χ3n) is 1.90. The number of esters is 1. The van der Waals surface area contributed by atoms with Crippen LogP contribution in [0.3, 0.4) is 0 Å². The van der Waals surface area contributed by atoms with Gasteiger partial charge in [-0.2, -0.15) is 0 Å². The van der Waals surface area contributed by atoms with Gasteiger partial charge in [-0.15, -0.1) is 0 Å². The molecule has 82 valence electrons. The second kappa shape index (κ2) is 6.65. The molecule has 0 N–H and O–H groups in total. The van der Waals surface area contributed by atoms with Crippen molar-refractivity contribution < 1.29 is 9.53 Å². The molecule has 0 aliphatic rings. The van der Waals surface area contributed by atoms with Gasteiger partial charge in [0.25, 0.3) is 0 Å². The van der Waals surface area contributed by atoms with Crippen LogP contribution < -0.4 is 0 Å². The van der Waals surface area contributed by atoms with E-state index in [4.69, 9.17) is 4.74 Å². The molecule has 5 heteroatoms. The first-order valence-electron chi connectivity index (χ1n) is 4.78. The molecule has 0 aliphatic carbocycles. The van der Waals surface area contributed by atoms with E-state index < -0.39 is 0 Å². The van der Waals surface area contributed by atoms with E-state index in [1.165, 1.54) is 6.04 Å². The van der Waals surface area contributed by atoms with Crippen molar-refractivity contribution in [1.82, 2.24) is 0 Å². The number of carbonyl (C=O) groups excluding carboxylic acids is 1. The second-order valence-electron chi connectivity index (χ2n) is 3.09. The highest BCUT2D eigenvalue weighted by atomic mass is 127. The van der Waals surface area contributed by atoms with Crippen LogP contribution in [-0.4, -0.2) is 22.8 Å². The monoisotopic (exact) mass is 398 g/mol. The molecular formula is C10H12BrIO2Si. The van der Waals surface area contributed by atoms with E-state index in [9.17, 15) is 4.79 Å². The normalized spacial score (nSPS) is 10.3. The van der Waals surface area contributed by atoms with E-state index in [0.29, 0.717) is 12.2 Å². The molecule has 0 aliphatic heterocycles. The third kappa shape index (κ3) is 3.88. The lowest BCUT2D eigenvalue weighted by Crippen LogP contribution is -2.07. The summed E-state index contributed by atoms with van der Waals surface area (Å²) in [6.45, 7) is 0.528. The van der Waals surface area contributed by atoms with Gasteiger partial charge in [0.05, 0.1) is 12.2 Å². The minimum atomic E-state index is -0.240. The Labute approximate surface area is 114 Å². The molecule has 0 amide bonds. The summed E-state index contributed by atoms with van der Waals surface area (Å²) in [6, 6.07) is 6.74. The lowest BCUT2D eigenvalue weighted by Gasteiger charge is -2.06. The summed E-state index contributed by atoms with van der Waals surface area (Å²) in [7, 11) is 1.16. The molecule has 0 unspecified atom stereocenters. The third-order valence-corrected chi connectivity index (χ3v) is 5.10. The number of benzene rings is 1. The van der Waals surface area contributed by atoms with E-state index in [-0.39, 0.29) is 5.97 Å². The predicted octanol–water partition coefficient (Wildman–Crippen LogP) is 2.38. The lowest BCUT2D eigenvalue weighted by molar-refractivity contribution is 0.0504. The van der Waals surface area contributed by atoms with Crippen LogP contribution in [0.25, 0.3) is 0 Å². The SMILES string of the molecule is O=C(OCCC[SiH3])c1cccc(I)c1Br. The summed E-state index contributed by atoms with van der Waals surface area (Å²) in [5.41, 5.74) is 0.607. The Morgan fingerprint density at radius 1 is 1.53 bits per heavy atom. The maximum Gasteiger partial charge on any atom is 0.339 e. The largest absolute Gasteiger partial charge is 0.462 e. The van der Waals surface area contributed by atoms with E-state index in [2.05, 4.69) is 38.5 Å². The predicted molar refractivity (Wildman–Crippen MR) is 76.5 cm³/mol. The molecule has 0 fully saturated rings. The number of halogens is 2. The highest BCUT2D eigenvalue weighted by molar-refractivity contribution is 14.1. The van der Waals surface area contributed by atoms with Gasteiger partial charge < -0.3 is 4.74 Å². The molecule has 2 nitrogen and oxygen atoms in total. The van der Waals surface area contributed by atoms with E-state index in [1.54, 1.807) is 6.07 Å². The molecule has 0 saturated heterocycles. The van der Waals surface area contributed by atoms with Crippen LogP contribution in [0.4, 0.5) is 0 Å². The Hall–Kier alpha value is 0.117. The number of rotatable bonds is 4. The first-order chi connectivity index (χ1) is 7.16. The van der Waals surface area contributed by atoms with Crippen molar-refractivity contribution in [3.05, 3.63) is 31.8 Å². The van der Waals surface area contributed by atoms with Crippen LogP contribution in [0, 0.1) is 3.57 Å². The minimum Gasteiger partial charge on any atom is -0.462 e. The Morgan fingerprint density at radius 2 is 2.27 bits per heavy atom. The Morgan fingerprint density at radius 3 is 2.93 bits per heavy atom. The maximum absolute atomic E-state index is 11.6. The van der Waals surface area contributed by atoms with Gasteiger partial charge in [-0.3, -0.25) is 0 Å². The van der Waals surface area contributed by atoms with Crippen LogP contribution in [0.15, 0.2) is 22.7 Å². The molecule has 1 aromatic carbocycles. The topological polar surface area (TPSA) is 26.3 Å². The first kappa shape index (κ1) is 13.2. The minimum absolute atomic E-state index is 0.240. The average molecular weight is 399 g/mol. The Bertz CT molecular complexity index is 357. The smallest absolute Gasteiger partial charge is 0.339 e. The highest BCUT2D eigenvalue weighted by Crippen LogP contribution is 2.23. The summed E-state index contributed by atoms with van der Waals surface area (Å²) < 4.78 is 6.99. The molecule has 0 saturated carbocycles. The van der Waals surface area contributed by atoms with Crippen LogP contribution in [0.5, 0.6) is 0 Å². The van der Waals surface area contributed by atoms with Crippen molar-refractivity contribution in [2.45, 2.75) is 12.5 Å². The van der Waals surface area contributed by atoms with E-state index in [0.717, 1.165) is 24.7 Å². The van der Waals surface area contributed by atoms with Gasteiger partial charge in [0.1, 0.15) is 0 Å². The molecule has 0 heterocycles. The zero-order valence-electron chi connectivity index (χ0n) is 8.43. The molecule has 15 heavy (non-hydrogen) atoms. The molecule has 1 aromatic rings. The summed E-state index contributed by atoms with van der Waals surface area (Å²) in [5, 5.41) is 0. The molecule has 0 radical (unpaired) electrons. The highest BCUT2D eigenvalue weighted by Gasteiger charge is 2.12. The fourth-order valence-corrected chi connectivity index (χ4v) is 2.26. The molecule has 0 aromatic heterocycles. The van der Waals surface area contributed by atoms with Gasteiger partial charge in [0, 0.05) is 18.3 Å². The molecule has 0 spiro atoms. The maximum atomic E-state index is 11.6. The van der Waals surface area contributed by atoms with Gasteiger partial charge in [-0.25, -0.2) is 4.79 Å². The Balaban J connectivity index is 2.69. The van der Waals surface area contributed by atoms with Gasteiger partial charge in [0.2, 0.25) is 0 Å². The van der Waals surface area contributed by atoms with Crippen LogP contribution in [-0.2, 0) is 4.74 Å². The van der Waals surface area contributed by atoms with Crippen molar-refractivity contribution in [1.29, 1.82) is 0 Å². The molecular weight excluding hydrogens is 387 g/mol. The number of carbonyl (C=O) groups is 1. The molecule has 0 bridgehead atoms. The van der Waals surface area contributed by atoms with Crippen molar-refractivity contribution in [2.75, 3.05) is 6.61 Å². The summed E-state index contributed by atoms with van der Waals surface area (Å²) in [4.78, 5) is 11.6. The first-order valence-corrected chi connectivity index (χ1v) is 8.06. The number of hydrogen-bond acceptors (Lipinski definition) is 2. The van der Waals surface area contributed by atoms with E-state index in [1.807, 2.05) is 12.1 Å². The second-order valence-corrected chi connectivity index (χ2v) is 6.05. The van der Waals surface area contributed by atoms with Gasteiger partial charge in [-0.05, 0) is 57.1 Å². The zero-order chi connectivity index (χ0) is 11.3. The molecule has 1 rings (SSSR count). The molecule has 0 atom stereocenters. The van der Waals surface area contributed by atoms with Gasteiger partial charge in [0.15, 0.2) is 0 Å². The summed E-state index contributed by atoms with van der Waals surface area (Å²) in [6.07, 6.45) is 0.972. The van der Waals surface area contributed by atoms with Crippen molar-refractivity contribution >= 4 is 54.7 Å². The average Bonchev–Trinajstić information content (AvgIpc) is 2.22. The standard InChI is InChI=1S/C10H12BrIO2Si/c11-9-7(3-1-4-8(9)12)10(13)14-5-2-6-15/h1,3-4H,2,5-6H2,15H3. The fraction of sp³-hybridized carbons (Fsp3) is 0.300. The Kier molecular flexibility index (Phi) is 5.84.